The van der Waals surface area contributed by atoms with Crippen LogP contribution in [0.3, 0.4) is 0 Å². The number of hydrazine groups is 1. The van der Waals surface area contributed by atoms with Crippen molar-refractivity contribution >= 4 is 24.3 Å². The van der Waals surface area contributed by atoms with E-state index in [1.54, 1.807) is 18.2 Å². The molecule has 0 aliphatic rings. The maximum atomic E-state index is 11.8. The molecule has 3 amide bonds. The van der Waals surface area contributed by atoms with Gasteiger partial charge in [0.2, 0.25) is 6.29 Å². The summed E-state index contributed by atoms with van der Waals surface area (Å²) < 4.78 is 0. The molecule has 1 rings (SSSR count). The first kappa shape index (κ1) is 14.6. The van der Waals surface area contributed by atoms with Gasteiger partial charge in [0, 0.05) is 13.1 Å². The number of hydrogen-bond acceptors (Lipinski definition) is 4. The highest BCUT2D eigenvalue weighted by Crippen LogP contribution is 2.03. The summed E-state index contributed by atoms with van der Waals surface area (Å²) in [5.74, 6) is 4.62. The average Bonchev–Trinajstić information content (AvgIpc) is 2.42. The van der Waals surface area contributed by atoms with Crippen LogP contribution in [0.5, 0.6) is 0 Å². The van der Waals surface area contributed by atoms with Gasteiger partial charge >= 0.3 is 6.03 Å². The van der Waals surface area contributed by atoms with Gasteiger partial charge in [0.25, 0.3) is 5.91 Å². The first-order valence-corrected chi connectivity index (χ1v) is 5.48. The summed E-state index contributed by atoms with van der Waals surface area (Å²) in [4.78, 5) is 34.5. The van der Waals surface area contributed by atoms with E-state index in [4.69, 9.17) is 5.84 Å². The largest absolute Gasteiger partial charge is 0.341 e. The summed E-state index contributed by atoms with van der Waals surface area (Å²) in [6.45, 7) is -0.460. The molecule has 6 heteroatoms. The van der Waals surface area contributed by atoms with Crippen molar-refractivity contribution in [1.29, 1.82) is 0 Å². The number of rotatable bonds is 4. The van der Waals surface area contributed by atoms with Crippen molar-refractivity contribution in [2.24, 2.45) is 5.84 Å². The van der Waals surface area contributed by atoms with Gasteiger partial charge in [-0.05, 0) is 11.6 Å². The molecule has 0 spiro atoms. The number of imide groups is 1. The fourth-order valence-corrected chi connectivity index (χ4v) is 1.32. The zero-order valence-corrected chi connectivity index (χ0v) is 10.4. The van der Waals surface area contributed by atoms with E-state index in [-0.39, 0.29) is 0 Å². The molecule has 1 radical (unpaired) electrons. The fraction of sp³-hybridized carbons (Fsp3) is 0.154. The van der Waals surface area contributed by atoms with Crippen molar-refractivity contribution in [3.05, 3.63) is 42.0 Å². The van der Waals surface area contributed by atoms with E-state index in [1.807, 2.05) is 18.2 Å². The molecule has 99 valence electrons. The summed E-state index contributed by atoms with van der Waals surface area (Å²) in [5.41, 5.74) is 0.805. The molecule has 0 fully saturated rings. The van der Waals surface area contributed by atoms with Crippen molar-refractivity contribution in [2.75, 3.05) is 13.6 Å². The van der Waals surface area contributed by atoms with Crippen LogP contribution in [0.25, 0.3) is 6.08 Å². The van der Waals surface area contributed by atoms with E-state index in [1.165, 1.54) is 19.4 Å². The summed E-state index contributed by atoms with van der Waals surface area (Å²) in [6.07, 6.45) is 4.25. The summed E-state index contributed by atoms with van der Waals surface area (Å²) in [7, 11) is 1.29. The summed E-state index contributed by atoms with van der Waals surface area (Å²) in [6, 6.07) is 8.32. The highest BCUT2D eigenvalue weighted by atomic mass is 16.2. The molecule has 0 bridgehead atoms. The lowest BCUT2D eigenvalue weighted by atomic mass is 10.2. The van der Waals surface area contributed by atoms with Gasteiger partial charge < -0.3 is 0 Å². The zero-order valence-electron chi connectivity index (χ0n) is 10.4. The molecule has 0 atom stereocenters. The Bertz CT molecular complexity index is 483. The Morgan fingerprint density at radius 3 is 2.47 bits per heavy atom. The van der Waals surface area contributed by atoms with Crippen LogP contribution < -0.4 is 5.84 Å². The van der Waals surface area contributed by atoms with Gasteiger partial charge in [-0.1, -0.05) is 30.3 Å². The number of nitrogens with zero attached hydrogens (tertiary/aromatic N) is 2. The number of hydrogen-bond donors (Lipinski definition) is 1. The molecule has 0 saturated heterocycles. The first-order chi connectivity index (χ1) is 9.06. The summed E-state index contributed by atoms with van der Waals surface area (Å²) in [5, 5.41) is 0.728. The number of benzene rings is 1. The van der Waals surface area contributed by atoms with Crippen LogP contribution in [0.15, 0.2) is 36.4 Å². The number of carbonyl (C=O) groups is 2. The Labute approximate surface area is 111 Å². The van der Waals surface area contributed by atoms with Gasteiger partial charge in [0.15, 0.2) is 0 Å². The molecular weight excluding hydrogens is 246 g/mol. The van der Waals surface area contributed by atoms with Gasteiger partial charge in [-0.25, -0.2) is 10.6 Å². The second kappa shape index (κ2) is 7.07. The maximum absolute atomic E-state index is 11.8. The maximum Gasteiger partial charge on any atom is 0.341 e. The van der Waals surface area contributed by atoms with Gasteiger partial charge in [-0.15, -0.1) is 0 Å². The van der Waals surface area contributed by atoms with E-state index in [0.717, 1.165) is 10.6 Å². The molecule has 0 aliphatic heterocycles. The minimum Gasteiger partial charge on any atom is -0.289 e. The number of amides is 3. The van der Waals surface area contributed by atoms with E-state index in [9.17, 15) is 14.4 Å². The number of urea groups is 1. The van der Waals surface area contributed by atoms with Crippen molar-refractivity contribution in [3.8, 4) is 0 Å². The van der Waals surface area contributed by atoms with Crippen LogP contribution in [0.1, 0.15) is 5.56 Å². The molecule has 6 nitrogen and oxygen atoms in total. The third kappa shape index (κ3) is 4.36. The second-order valence-corrected chi connectivity index (χ2v) is 3.71. The minimum absolute atomic E-state index is 0.460. The third-order valence-corrected chi connectivity index (χ3v) is 2.24. The predicted octanol–water partition coefficient (Wildman–Crippen LogP) is 0.564. The normalized spacial score (nSPS) is 10.2. The lowest BCUT2D eigenvalue weighted by Crippen LogP contribution is -2.47. The standard InChI is InChI=1S/C13H14N3O3/c1-15(14)13(19)16(9-10-17)12(18)8-7-11-5-3-2-4-6-11/h2-8H,9,14H2,1H3. The van der Waals surface area contributed by atoms with Crippen molar-refractivity contribution in [2.45, 2.75) is 0 Å². The van der Waals surface area contributed by atoms with E-state index >= 15 is 0 Å². The Balaban J connectivity index is 2.80. The van der Waals surface area contributed by atoms with Gasteiger partial charge in [0.1, 0.15) is 0 Å². The van der Waals surface area contributed by atoms with Crippen molar-refractivity contribution < 1.29 is 14.4 Å². The molecular formula is C13H14N3O3. The van der Waals surface area contributed by atoms with Gasteiger partial charge in [-0.3, -0.25) is 19.5 Å². The minimum atomic E-state index is -0.772. The van der Waals surface area contributed by atoms with Crippen LogP contribution in [-0.2, 0) is 9.59 Å². The lowest BCUT2D eigenvalue weighted by Gasteiger charge is -2.20. The smallest absolute Gasteiger partial charge is 0.289 e. The fourth-order valence-electron chi connectivity index (χ4n) is 1.32. The number of carbonyl (C=O) groups excluding carboxylic acids is 3. The van der Waals surface area contributed by atoms with Gasteiger partial charge in [0.05, 0.1) is 6.54 Å². The number of nitrogens with two attached hydrogens (primary N) is 1. The van der Waals surface area contributed by atoms with Crippen LogP contribution in [-0.4, -0.2) is 41.7 Å². The topological polar surface area (TPSA) is 83.7 Å². The Morgan fingerprint density at radius 2 is 1.95 bits per heavy atom. The molecule has 1 aromatic rings. The van der Waals surface area contributed by atoms with E-state index in [0.29, 0.717) is 4.90 Å². The molecule has 0 aromatic heterocycles. The van der Waals surface area contributed by atoms with E-state index in [2.05, 4.69) is 0 Å². The molecule has 0 unspecified atom stereocenters. The lowest BCUT2D eigenvalue weighted by molar-refractivity contribution is -0.123. The SMILES string of the molecule is CN(N)C(=O)N(C[C]=O)C(=O)C=Cc1ccccc1. The quantitative estimate of drug-likeness (QED) is 0.371. The van der Waals surface area contributed by atoms with Gasteiger partial charge in [-0.2, -0.15) is 0 Å². The van der Waals surface area contributed by atoms with Crippen LogP contribution in [0.4, 0.5) is 4.79 Å². The zero-order chi connectivity index (χ0) is 14.3. The van der Waals surface area contributed by atoms with Crippen LogP contribution in [0, 0.1) is 0 Å². The molecule has 0 saturated carbocycles. The summed E-state index contributed by atoms with van der Waals surface area (Å²) >= 11 is 0. The van der Waals surface area contributed by atoms with Crippen LogP contribution in [0.2, 0.25) is 0 Å². The first-order valence-electron chi connectivity index (χ1n) is 5.48. The Kier molecular flexibility index (Phi) is 5.43. The molecule has 2 N–H and O–H groups in total. The van der Waals surface area contributed by atoms with Crippen molar-refractivity contribution in [3.63, 3.8) is 0 Å². The highest BCUT2D eigenvalue weighted by Gasteiger charge is 2.21. The molecule has 1 aromatic carbocycles. The van der Waals surface area contributed by atoms with Crippen molar-refractivity contribution in [1.82, 2.24) is 9.91 Å². The molecule has 19 heavy (non-hydrogen) atoms. The predicted molar refractivity (Wildman–Crippen MR) is 70.2 cm³/mol. The molecule has 0 aliphatic carbocycles. The van der Waals surface area contributed by atoms with Crippen LogP contribution >= 0.6 is 0 Å². The highest BCUT2D eigenvalue weighted by molar-refractivity contribution is 6.03. The monoisotopic (exact) mass is 260 g/mol. The molecule has 0 heterocycles. The average molecular weight is 260 g/mol. The Hall–Kier alpha value is -2.47. The van der Waals surface area contributed by atoms with E-state index < -0.39 is 18.5 Å². The Morgan fingerprint density at radius 1 is 1.32 bits per heavy atom. The third-order valence-electron chi connectivity index (χ3n) is 2.24. The second-order valence-electron chi connectivity index (χ2n) is 3.71.